The van der Waals surface area contributed by atoms with E-state index in [0.717, 1.165) is 0 Å². The lowest BCUT2D eigenvalue weighted by Gasteiger charge is -1.89. The molecule has 0 heterocycles. The molecule has 2 heteroatoms. The molecule has 0 atom stereocenters. The standard InChI is InChI=1S/C7H7NO.H2/c8-7(9)6-4-2-1-3-5-6;/h1-5H,(H2,8,9);1H. The fraction of sp³-hybridized carbons (Fsp3) is 0. The van der Waals surface area contributed by atoms with Crippen molar-refractivity contribution in [1.29, 1.82) is 0 Å². The molecule has 9 heavy (non-hydrogen) atoms. The Morgan fingerprint density at radius 2 is 1.89 bits per heavy atom. The number of nitrogens with two attached hydrogens (primary N) is 1. The molecule has 1 amide bonds. The van der Waals surface area contributed by atoms with Gasteiger partial charge in [-0.1, -0.05) is 18.2 Å². The SMILES string of the molecule is NC(=O)c1ccccc1.[HH]. The highest BCUT2D eigenvalue weighted by atomic mass is 16.1. The predicted octanol–water partition coefficient (Wildman–Crippen LogP) is 1.03. The van der Waals surface area contributed by atoms with Crippen LogP contribution in [0.5, 0.6) is 0 Å². The molecule has 0 fully saturated rings. The van der Waals surface area contributed by atoms with Crippen molar-refractivity contribution in [3.63, 3.8) is 0 Å². The zero-order chi connectivity index (χ0) is 6.69. The summed E-state index contributed by atoms with van der Waals surface area (Å²) >= 11 is 0. The first-order valence-electron chi connectivity index (χ1n) is 2.65. The smallest absolute Gasteiger partial charge is 0.248 e. The van der Waals surface area contributed by atoms with E-state index in [0.29, 0.717) is 5.56 Å². The van der Waals surface area contributed by atoms with Crippen molar-refractivity contribution in [1.82, 2.24) is 0 Å². The van der Waals surface area contributed by atoms with Crippen LogP contribution < -0.4 is 5.73 Å². The monoisotopic (exact) mass is 123 g/mol. The Morgan fingerprint density at radius 3 is 2.22 bits per heavy atom. The molecule has 1 aromatic rings. The second-order valence-electron chi connectivity index (χ2n) is 1.73. The van der Waals surface area contributed by atoms with E-state index in [2.05, 4.69) is 0 Å². The fourth-order valence-corrected chi connectivity index (χ4v) is 0.602. The molecule has 1 aromatic carbocycles. The van der Waals surface area contributed by atoms with Gasteiger partial charge in [-0.05, 0) is 12.1 Å². The van der Waals surface area contributed by atoms with Crippen LogP contribution in [0.2, 0.25) is 0 Å². The summed E-state index contributed by atoms with van der Waals surface area (Å²) in [7, 11) is 0. The first-order valence-corrected chi connectivity index (χ1v) is 2.65. The third-order valence-electron chi connectivity index (χ3n) is 1.06. The van der Waals surface area contributed by atoms with E-state index in [1.807, 2.05) is 6.07 Å². The average Bonchev–Trinajstić information content (AvgIpc) is 1.90. The minimum atomic E-state index is -0.379. The number of rotatable bonds is 1. The molecule has 0 saturated heterocycles. The molecule has 0 unspecified atom stereocenters. The number of benzene rings is 1. The van der Waals surface area contributed by atoms with E-state index in [-0.39, 0.29) is 7.33 Å². The molecular weight excluding hydrogens is 114 g/mol. The Morgan fingerprint density at radius 1 is 1.33 bits per heavy atom. The molecule has 0 bridgehead atoms. The van der Waals surface area contributed by atoms with Gasteiger partial charge in [0.05, 0.1) is 0 Å². The van der Waals surface area contributed by atoms with Gasteiger partial charge in [0, 0.05) is 6.99 Å². The summed E-state index contributed by atoms with van der Waals surface area (Å²) in [4.78, 5) is 10.4. The maximum atomic E-state index is 10.4. The highest BCUT2D eigenvalue weighted by Gasteiger charge is 1.93. The summed E-state index contributed by atoms with van der Waals surface area (Å²) in [5, 5.41) is 0. The van der Waals surface area contributed by atoms with Crippen LogP contribution in [-0.4, -0.2) is 5.91 Å². The summed E-state index contributed by atoms with van der Waals surface area (Å²) < 4.78 is 0. The summed E-state index contributed by atoms with van der Waals surface area (Å²) in [6, 6.07) is 8.76. The molecule has 0 aliphatic rings. The largest absolute Gasteiger partial charge is 0.366 e. The molecule has 0 aliphatic heterocycles. The fourth-order valence-electron chi connectivity index (χ4n) is 0.602. The summed E-state index contributed by atoms with van der Waals surface area (Å²) in [6.45, 7) is 0. The van der Waals surface area contributed by atoms with Gasteiger partial charge in [-0.25, -0.2) is 0 Å². The van der Waals surface area contributed by atoms with Gasteiger partial charge in [-0.15, -0.1) is 0 Å². The van der Waals surface area contributed by atoms with Gasteiger partial charge in [-0.2, -0.15) is 0 Å². The van der Waals surface area contributed by atoms with Gasteiger partial charge in [0.2, 0.25) is 5.91 Å². The Balaban J connectivity index is 0.000000810. The topological polar surface area (TPSA) is 43.1 Å². The number of carbonyl (C=O) groups excluding carboxylic acids is 1. The van der Waals surface area contributed by atoms with Crippen LogP contribution >= 0.6 is 0 Å². The lowest BCUT2D eigenvalue weighted by Crippen LogP contribution is -2.09. The third kappa shape index (κ3) is 1.29. The number of amides is 1. The minimum Gasteiger partial charge on any atom is -0.366 e. The molecule has 0 saturated carbocycles. The quantitative estimate of drug-likeness (QED) is 0.595. The molecule has 1 rings (SSSR count). The third-order valence-corrected chi connectivity index (χ3v) is 1.06. The van der Waals surface area contributed by atoms with E-state index in [1.165, 1.54) is 0 Å². The molecule has 0 spiro atoms. The summed E-state index contributed by atoms with van der Waals surface area (Å²) in [5.41, 5.74) is 5.53. The van der Waals surface area contributed by atoms with E-state index in [4.69, 9.17) is 5.73 Å². The van der Waals surface area contributed by atoms with Crippen LogP contribution in [0, 0.1) is 0 Å². The Kier molecular flexibility index (Phi) is 1.49. The van der Waals surface area contributed by atoms with Crippen molar-refractivity contribution in [2.24, 2.45) is 5.73 Å². The second-order valence-corrected chi connectivity index (χ2v) is 1.73. The minimum absolute atomic E-state index is 0. The highest BCUT2D eigenvalue weighted by molar-refractivity contribution is 5.92. The lowest BCUT2D eigenvalue weighted by molar-refractivity contribution is 0.100. The second kappa shape index (κ2) is 2.31. The van der Waals surface area contributed by atoms with Gasteiger partial charge in [0.15, 0.2) is 0 Å². The number of primary amides is 1. The van der Waals surface area contributed by atoms with Crippen LogP contribution in [0.3, 0.4) is 0 Å². The van der Waals surface area contributed by atoms with Crippen molar-refractivity contribution in [3.05, 3.63) is 35.9 Å². The van der Waals surface area contributed by atoms with Crippen molar-refractivity contribution < 1.29 is 6.22 Å². The van der Waals surface area contributed by atoms with Crippen LogP contribution in [-0.2, 0) is 0 Å². The molecule has 2 N–H and O–H groups in total. The first-order chi connectivity index (χ1) is 4.30. The summed E-state index contributed by atoms with van der Waals surface area (Å²) in [6.07, 6.45) is 0. The van der Waals surface area contributed by atoms with Crippen LogP contribution in [0.15, 0.2) is 30.3 Å². The van der Waals surface area contributed by atoms with Gasteiger partial charge in [0.1, 0.15) is 0 Å². The normalized spacial score (nSPS) is 8.89. The number of hydrogen-bond acceptors (Lipinski definition) is 1. The number of hydrogen-bond donors (Lipinski definition) is 1. The Bertz CT molecular complexity index is 210. The number of carbonyl (C=O) groups is 1. The maximum absolute atomic E-state index is 10.4. The summed E-state index contributed by atoms with van der Waals surface area (Å²) in [5.74, 6) is -0.379. The van der Waals surface area contributed by atoms with Crippen molar-refractivity contribution in [3.8, 4) is 0 Å². The van der Waals surface area contributed by atoms with E-state index in [9.17, 15) is 4.79 Å². The van der Waals surface area contributed by atoms with Crippen LogP contribution in [0.25, 0.3) is 0 Å². The van der Waals surface area contributed by atoms with Crippen LogP contribution in [0.4, 0.5) is 0 Å². The highest BCUT2D eigenvalue weighted by Crippen LogP contribution is 1.94. The molecular formula is C7H9NO. The molecule has 48 valence electrons. The van der Waals surface area contributed by atoms with Crippen molar-refractivity contribution in [2.75, 3.05) is 0 Å². The maximum Gasteiger partial charge on any atom is 0.248 e. The Hall–Kier alpha value is -1.31. The first kappa shape index (κ1) is 5.82. The van der Waals surface area contributed by atoms with Crippen molar-refractivity contribution in [2.45, 2.75) is 0 Å². The molecule has 0 radical (unpaired) electrons. The van der Waals surface area contributed by atoms with Crippen molar-refractivity contribution >= 4 is 5.91 Å². The zero-order valence-electron chi connectivity index (χ0n) is 4.87. The van der Waals surface area contributed by atoms with E-state index in [1.54, 1.807) is 24.3 Å². The lowest BCUT2D eigenvalue weighted by atomic mass is 10.2. The zero-order valence-corrected chi connectivity index (χ0v) is 4.87. The molecule has 2 nitrogen and oxygen atoms in total. The predicted molar refractivity (Wildman–Crippen MR) is 37.1 cm³/mol. The van der Waals surface area contributed by atoms with E-state index < -0.39 is 0 Å². The van der Waals surface area contributed by atoms with Gasteiger partial charge in [0.25, 0.3) is 0 Å². The van der Waals surface area contributed by atoms with Crippen LogP contribution in [0.1, 0.15) is 11.8 Å². The van der Waals surface area contributed by atoms with Gasteiger partial charge >= 0.3 is 0 Å². The van der Waals surface area contributed by atoms with Gasteiger partial charge in [-0.3, -0.25) is 4.79 Å². The Labute approximate surface area is 54.8 Å². The van der Waals surface area contributed by atoms with E-state index >= 15 is 0 Å². The molecule has 0 aromatic heterocycles. The molecule has 0 aliphatic carbocycles. The average molecular weight is 123 g/mol. The van der Waals surface area contributed by atoms with Gasteiger partial charge < -0.3 is 5.73 Å².